The molecule has 0 amide bonds. The predicted molar refractivity (Wildman–Crippen MR) is 58.1 cm³/mol. The smallest absolute Gasteiger partial charge is 0.224 e. The first-order chi connectivity index (χ1) is 6.24. The van der Waals surface area contributed by atoms with Crippen LogP contribution in [0.1, 0.15) is 19.8 Å². The molecule has 1 aromatic heterocycles. The molecule has 0 spiro atoms. The van der Waals surface area contributed by atoms with E-state index in [0.717, 1.165) is 29.7 Å². The van der Waals surface area contributed by atoms with Crippen molar-refractivity contribution in [3.05, 3.63) is 16.0 Å². The summed E-state index contributed by atoms with van der Waals surface area (Å²) in [5, 5.41) is 3.44. The average Bonchev–Trinajstić information content (AvgIpc) is 2.11. The lowest BCUT2D eigenvalue weighted by Gasteiger charge is -2.05. The van der Waals surface area contributed by atoms with Crippen molar-refractivity contribution in [2.75, 3.05) is 11.9 Å². The molecule has 0 bridgehead atoms. The van der Waals surface area contributed by atoms with Crippen LogP contribution in [0.4, 0.5) is 5.82 Å². The van der Waals surface area contributed by atoms with Gasteiger partial charge in [-0.2, -0.15) is 4.98 Å². The van der Waals surface area contributed by atoms with Gasteiger partial charge in [-0.25, -0.2) is 4.98 Å². The summed E-state index contributed by atoms with van der Waals surface area (Å²) in [5.74, 6) is 0.758. The van der Waals surface area contributed by atoms with Gasteiger partial charge >= 0.3 is 0 Å². The van der Waals surface area contributed by atoms with E-state index in [1.807, 2.05) is 0 Å². The van der Waals surface area contributed by atoms with Gasteiger partial charge in [0.25, 0.3) is 0 Å². The topological polar surface area (TPSA) is 37.8 Å². The number of rotatable bonds is 4. The van der Waals surface area contributed by atoms with Gasteiger partial charge in [-0.3, -0.25) is 0 Å². The van der Waals surface area contributed by atoms with E-state index < -0.39 is 0 Å². The van der Waals surface area contributed by atoms with Crippen molar-refractivity contribution in [1.82, 2.24) is 9.97 Å². The van der Waals surface area contributed by atoms with Crippen molar-refractivity contribution in [2.24, 2.45) is 0 Å². The van der Waals surface area contributed by atoms with Crippen LogP contribution in [0.2, 0.25) is 5.28 Å². The third kappa shape index (κ3) is 3.48. The van der Waals surface area contributed by atoms with Gasteiger partial charge in [0, 0.05) is 12.7 Å². The molecule has 0 aromatic carbocycles. The van der Waals surface area contributed by atoms with Crippen molar-refractivity contribution in [3.8, 4) is 0 Å². The molecule has 0 radical (unpaired) electrons. The zero-order chi connectivity index (χ0) is 9.68. The van der Waals surface area contributed by atoms with Crippen LogP contribution < -0.4 is 5.32 Å². The highest BCUT2D eigenvalue weighted by molar-refractivity contribution is 9.10. The monoisotopic (exact) mass is 263 g/mol. The quantitative estimate of drug-likeness (QED) is 0.671. The van der Waals surface area contributed by atoms with Crippen molar-refractivity contribution in [1.29, 1.82) is 0 Å². The number of unbranched alkanes of at least 4 members (excludes halogenated alkanes) is 1. The maximum absolute atomic E-state index is 5.65. The molecule has 1 rings (SSSR count). The molecule has 1 N–H and O–H groups in total. The van der Waals surface area contributed by atoms with Crippen LogP contribution in [0.5, 0.6) is 0 Å². The van der Waals surface area contributed by atoms with Gasteiger partial charge in [0.2, 0.25) is 5.28 Å². The summed E-state index contributed by atoms with van der Waals surface area (Å²) in [7, 11) is 0. The number of hydrogen-bond donors (Lipinski definition) is 1. The van der Waals surface area contributed by atoms with E-state index in [0.29, 0.717) is 0 Å². The Morgan fingerprint density at radius 3 is 3.08 bits per heavy atom. The fourth-order valence-corrected chi connectivity index (χ4v) is 1.32. The Bertz CT molecular complexity index is 280. The van der Waals surface area contributed by atoms with Crippen LogP contribution in [-0.4, -0.2) is 16.5 Å². The number of halogens is 2. The minimum atomic E-state index is 0.266. The molecule has 0 aliphatic rings. The van der Waals surface area contributed by atoms with Crippen LogP contribution in [0.3, 0.4) is 0 Å². The fraction of sp³-hybridized carbons (Fsp3) is 0.500. The number of nitrogens with zero attached hydrogens (tertiary/aromatic N) is 2. The Morgan fingerprint density at radius 2 is 2.38 bits per heavy atom. The lowest BCUT2D eigenvalue weighted by Crippen LogP contribution is -2.04. The highest BCUT2D eigenvalue weighted by Crippen LogP contribution is 2.19. The summed E-state index contributed by atoms with van der Waals surface area (Å²) >= 11 is 8.98. The Labute approximate surface area is 91.1 Å². The number of aromatic nitrogens is 2. The second kappa shape index (κ2) is 5.40. The summed E-state index contributed by atoms with van der Waals surface area (Å²) in [6, 6.07) is 0. The van der Waals surface area contributed by atoms with Crippen LogP contribution in [-0.2, 0) is 0 Å². The van der Waals surface area contributed by atoms with Crippen molar-refractivity contribution in [2.45, 2.75) is 19.8 Å². The second-order valence-electron chi connectivity index (χ2n) is 2.62. The fourth-order valence-electron chi connectivity index (χ4n) is 0.853. The van der Waals surface area contributed by atoms with Crippen molar-refractivity contribution in [3.63, 3.8) is 0 Å². The lowest BCUT2D eigenvalue weighted by atomic mass is 10.3. The molecule has 5 heteroatoms. The van der Waals surface area contributed by atoms with Gasteiger partial charge in [-0.15, -0.1) is 0 Å². The molecule has 1 heterocycles. The van der Waals surface area contributed by atoms with Crippen LogP contribution in [0.15, 0.2) is 10.7 Å². The molecule has 1 aromatic rings. The molecule has 3 nitrogen and oxygen atoms in total. The molecule has 0 atom stereocenters. The standard InChI is InChI=1S/C8H11BrClN3/c1-2-3-4-11-7-6(9)5-12-8(10)13-7/h5H,2-4H2,1H3,(H,11,12,13). The maximum atomic E-state index is 5.65. The second-order valence-corrected chi connectivity index (χ2v) is 3.81. The number of nitrogens with one attached hydrogen (secondary N) is 1. The number of hydrogen-bond acceptors (Lipinski definition) is 3. The molecule has 72 valence electrons. The third-order valence-corrected chi connectivity index (χ3v) is 2.30. The minimum absolute atomic E-state index is 0.266. The van der Waals surface area contributed by atoms with Crippen molar-refractivity contribution >= 4 is 33.3 Å². The van der Waals surface area contributed by atoms with Gasteiger partial charge in [-0.1, -0.05) is 13.3 Å². The van der Waals surface area contributed by atoms with Crippen LogP contribution in [0, 0.1) is 0 Å². The van der Waals surface area contributed by atoms with Gasteiger partial charge in [-0.05, 0) is 34.0 Å². The summed E-state index contributed by atoms with van der Waals surface area (Å²) in [4.78, 5) is 7.88. The summed E-state index contributed by atoms with van der Waals surface area (Å²) in [6.45, 7) is 3.05. The van der Waals surface area contributed by atoms with Gasteiger partial charge in [0.05, 0.1) is 4.47 Å². The lowest BCUT2D eigenvalue weighted by molar-refractivity contribution is 0.829. The van der Waals surface area contributed by atoms with Gasteiger partial charge in [0.15, 0.2) is 0 Å². The molecule has 0 aliphatic heterocycles. The third-order valence-electron chi connectivity index (χ3n) is 1.54. The molecular formula is C8H11BrClN3. The first kappa shape index (κ1) is 10.7. The van der Waals surface area contributed by atoms with E-state index in [1.54, 1.807) is 6.20 Å². The zero-order valence-corrected chi connectivity index (χ0v) is 9.69. The molecule has 0 saturated heterocycles. The highest BCUT2D eigenvalue weighted by atomic mass is 79.9. The van der Waals surface area contributed by atoms with E-state index in [2.05, 4.69) is 38.1 Å². The minimum Gasteiger partial charge on any atom is -0.369 e. The largest absolute Gasteiger partial charge is 0.369 e. The van der Waals surface area contributed by atoms with E-state index in [1.165, 1.54) is 0 Å². The van der Waals surface area contributed by atoms with Crippen molar-refractivity contribution < 1.29 is 0 Å². The maximum Gasteiger partial charge on any atom is 0.224 e. The molecule has 0 unspecified atom stereocenters. The summed E-state index contributed by atoms with van der Waals surface area (Å²) in [6.07, 6.45) is 3.92. The number of anilines is 1. The van der Waals surface area contributed by atoms with Crippen LogP contribution >= 0.6 is 27.5 Å². The summed E-state index contributed by atoms with van der Waals surface area (Å²) < 4.78 is 0.841. The Morgan fingerprint density at radius 1 is 1.62 bits per heavy atom. The molecule has 0 saturated carbocycles. The molecule has 0 aliphatic carbocycles. The SMILES string of the molecule is CCCCNc1nc(Cl)ncc1Br. The Hall–Kier alpha value is -0.350. The van der Waals surface area contributed by atoms with E-state index in [-0.39, 0.29) is 5.28 Å². The van der Waals surface area contributed by atoms with Gasteiger partial charge in [0.1, 0.15) is 5.82 Å². The van der Waals surface area contributed by atoms with Crippen LogP contribution in [0.25, 0.3) is 0 Å². The Balaban J connectivity index is 2.59. The normalized spacial score (nSPS) is 10.1. The summed E-state index contributed by atoms with van der Waals surface area (Å²) in [5.41, 5.74) is 0. The van der Waals surface area contributed by atoms with Gasteiger partial charge < -0.3 is 5.32 Å². The van der Waals surface area contributed by atoms with E-state index in [4.69, 9.17) is 11.6 Å². The first-order valence-electron chi connectivity index (χ1n) is 4.16. The molecular weight excluding hydrogens is 253 g/mol. The average molecular weight is 265 g/mol. The van der Waals surface area contributed by atoms with E-state index >= 15 is 0 Å². The zero-order valence-electron chi connectivity index (χ0n) is 7.35. The van der Waals surface area contributed by atoms with E-state index in [9.17, 15) is 0 Å². The predicted octanol–water partition coefficient (Wildman–Crippen LogP) is 3.10. The highest BCUT2D eigenvalue weighted by Gasteiger charge is 2.01. The molecule has 13 heavy (non-hydrogen) atoms. The Kier molecular flexibility index (Phi) is 4.45. The molecule has 0 fully saturated rings. The first-order valence-corrected chi connectivity index (χ1v) is 5.33.